The standard InChI is InChI=1S/C33H37FN10O/c1-33(2,3)15-28(45)39-23-12-20(16-35-17-23)26-14-25-27(18-38-26)42-43-30(25)32-40-29-24(6-7-37-31(29)41-32)19-10-21(34)13-22(11-19)36-8-9-44(4)5/h6-7,10-14,16-18,28,36,39,45H,8-9,15H2,1-5H3,(H,42,43)(H,37,40,41). The van der Waals surface area contributed by atoms with E-state index in [0.29, 0.717) is 58.3 Å². The van der Waals surface area contributed by atoms with Crippen LogP contribution < -0.4 is 10.6 Å². The molecule has 0 saturated carbocycles. The molecule has 6 aromatic rings. The molecule has 6 rings (SSSR count). The predicted molar refractivity (Wildman–Crippen MR) is 176 cm³/mol. The zero-order valence-corrected chi connectivity index (χ0v) is 26.0. The van der Waals surface area contributed by atoms with Gasteiger partial charge in [0.15, 0.2) is 11.5 Å². The number of aliphatic hydroxyl groups is 1. The summed E-state index contributed by atoms with van der Waals surface area (Å²) in [5, 5.41) is 25.3. The summed E-state index contributed by atoms with van der Waals surface area (Å²) in [5.41, 5.74) is 6.81. The van der Waals surface area contributed by atoms with Crippen LogP contribution in [0.15, 0.2) is 61.2 Å². The number of halogens is 1. The van der Waals surface area contributed by atoms with Crippen LogP contribution in [-0.2, 0) is 0 Å². The van der Waals surface area contributed by atoms with Crippen LogP contribution in [0.2, 0.25) is 0 Å². The predicted octanol–water partition coefficient (Wildman–Crippen LogP) is 5.90. The zero-order chi connectivity index (χ0) is 31.7. The number of imidazole rings is 1. The van der Waals surface area contributed by atoms with Crippen molar-refractivity contribution in [2.45, 2.75) is 33.4 Å². The van der Waals surface area contributed by atoms with Crippen molar-refractivity contribution in [1.29, 1.82) is 0 Å². The molecule has 0 amide bonds. The van der Waals surface area contributed by atoms with Crippen molar-refractivity contribution in [2.75, 3.05) is 37.8 Å². The monoisotopic (exact) mass is 608 g/mol. The van der Waals surface area contributed by atoms with Crippen LogP contribution in [-0.4, -0.2) is 78.5 Å². The van der Waals surface area contributed by atoms with Crippen molar-refractivity contribution in [1.82, 2.24) is 40.0 Å². The van der Waals surface area contributed by atoms with Gasteiger partial charge in [0, 0.05) is 47.7 Å². The van der Waals surface area contributed by atoms with Gasteiger partial charge >= 0.3 is 0 Å². The van der Waals surface area contributed by atoms with Gasteiger partial charge in [0.25, 0.3) is 0 Å². The van der Waals surface area contributed by atoms with E-state index in [4.69, 9.17) is 4.98 Å². The Kier molecular flexibility index (Phi) is 8.17. The van der Waals surface area contributed by atoms with Gasteiger partial charge in [0.2, 0.25) is 0 Å². The molecule has 0 aliphatic carbocycles. The largest absolute Gasteiger partial charge is 0.384 e. The molecule has 0 aliphatic rings. The van der Waals surface area contributed by atoms with Gasteiger partial charge in [-0.2, -0.15) is 5.10 Å². The molecule has 11 nitrogen and oxygen atoms in total. The van der Waals surface area contributed by atoms with E-state index in [0.717, 1.165) is 28.6 Å². The Bertz CT molecular complexity index is 1960. The second-order valence-corrected chi connectivity index (χ2v) is 12.7. The molecule has 45 heavy (non-hydrogen) atoms. The third kappa shape index (κ3) is 6.92. The van der Waals surface area contributed by atoms with Gasteiger partial charge in [-0.15, -0.1) is 0 Å². The van der Waals surface area contributed by atoms with Gasteiger partial charge in [0.05, 0.1) is 29.3 Å². The van der Waals surface area contributed by atoms with Crippen molar-refractivity contribution in [2.24, 2.45) is 5.41 Å². The maximum Gasteiger partial charge on any atom is 0.160 e. The van der Waals surface area contributed by atoms with Crippen LogP contribution in [0.3, 0.4) is 0 Å². The van der Waals surface area contributed by atoms with E-state index in [1.54, 1.807) is 24.8 Å². The number of nitrogens with one attached hydrogen (secondary N) is 4. The van der Waals surface area contributed by atoms with Gasteiger partial charge < -0.3 is 25.6 Å². The maximum atomic E-state index is 14.7. The molecule has 1 atom stereocenters. The third-order valence-corrected chi connectivity index (χ3v) is 7.33. The highest BCUT2D eigenvalue weighted by Gasteiger charge is 2.19. The molecule has 232 valence electrons. The number of aromatic amines is 2. The number of rotatable bonds is 10. The van der Waals surface area contributed by atoms with Crippen molar-refractivity contribution >= 4 is 33.4 Å². The average molecular weight is 609 g/mol. The molecule has 5 heterocycles. The molecular weight excluding hydrogens is 571 g/mol. The number of hydrogen-bond donors (Lipinski definition) is 5. The first-order valence-electron chi connectivity index (χ1n) is 14.8. The Morgan fingerprint density at radius 1 is 1.00 bits per heavy atom. The summed E-state index contributed by atoms with van der Waals surface area (Å²) in [6.45, 7) is 7.75. The van der Waals surface area contributed by atoms with Crippen LogP contribution in [0, 0.1) is 11.2 Å². The third-order valence-electron chi connectivity index (χ3n) is 7.33. The van der Waals surface area contributed by atoms with E-state index in [9.17, 15) is 9.50 Å². The van der Waals surface area contributed by atoms with Crippen molar-refractivity contribution in [3.63, 3.8) is 0 Å². The van der Waals surface area contributed by atoms with Gasteiger partial charge in [-0.1, -0.05) is 20.8 Å². The first kappa shape index (κ1) is 30.1. The van der Waals surface area contributed by atoms with Gasteiger partial charge in [-0.25, -0.2) is 14.4 Å². The Morgan fingerprint density at radius 2 is 1.82 bits per heavy atom. The highest BCUT2D eigenvalue weighted by atomic mass is 19.1. The van der Waals surface area contributed by atoms with Crippen LogP contribution >= 0.6 is 0 Å². The van der Waals surface area contributed by atoms with Crippen molar-refractivity contribution in [3.8, 4) is 33.9 Å². The molecule has 12 heteroatoms. The zero-order valence-electron chi connectivity index (χ0n) is 26.0. The lowest BCUT2D eigenvalue weighted by molar-refractivity contribution is 0.145. The normalized spacial score (nSPS) is 12.7. The lowest BCUT2D eigenvalue weighted by atomic mass is 9.91. The van der Waals surface area contributed by atoms with E-state index < -0.39 is 6.23 Å². The summed E-state index contributed by atoms with van der Waals surface area (Å²) >= 11 is 0. The number of benzene rings is 1. The molecular formula is C33H37FN10O. The number of aromatic nitrogens is 7. The molecule has 0 aliphatic heterocycles. The number of nitrogens with zero attached hydrogens (tertiary/aromatic N) is 6. The van der Waals surface area contributed by atoms with E-state index in [1.165, 1.54) is 12.1 Å². The van der Waals surface area contributed by atoms with E-state index in [1.807, 2.05) is 38.4 Å². The smallest absolute Gasteiger partial charge is 0.160 e. The molecule has 0 saturated heterocycles. The topological polar surface area (TPSA) is 144 Å². The quantitative estimate of drug-likeness (QED) is 0.120. The van der Waals surface area contributed by atoms with Crippen LogP contribution in [0.4, 0.5) is 15.8 Å². The Labute approximate surface area is 260 Å². The average Bonchev–Trinajstić information content (AvgIpc) is 3.59. The van der Waals surface area contributed by atoms with Crippen LogP contribution in [0.1, 0.15) is 27.2 Å². The van der Waals surface area contributed by atoms with Crippen molar-refractivity contribution < 1.29 is 9.50 Å². The number of anilines is 2. The first-order chi connectivity index (χ1) is 21.5. The summed E-state index contributed by atoms with van der Waals surface area (Å²) in [6.07, 6.45) is 6.69. The second kappa shape index (κ2) is 12.2. The fourth-order valence-corrected chi connectivity index (χ4v) is 5.26. The van der Waals surface area contributed by atoms with Gasteiger partial charge in [-0.3, -0.25) is 15.1 Å². The number of aliphatic hydroxyl groups excluding tert-OH is 1. The van der Waals surface area contributed by atoms with Crippen molar-refractivity contribution in [3.05, 3.63) is 67.0 Å². The number of fused-ring (bicyclic) bond motifs is 2. The van der Waals surface area contributed by atoms with Gasteiger partial charge in [0.1, 0.15) is 23.3 Å². The minimum absolute atomic E-state index is 0.0299. The van der Waals surface area contributed by atoms with E-state index in [2.05, 4.69) is 66.4 Å². The SMILES string of the molecule is CN(C)CCNc1cc(F)cc(-c2ccnc3[nH]c(-c4n[nH]c5cnc(-c6cncc(NC(O)CC(C)(C)C)c6)cc45)nc23)c1. The van der Waals surface area contributed by atoms with Gasteiger partial charge in [-0.05, 0) is 67.9 Å². The molecule has 1 unspecified atom stereocenters. The highest BCUT2D eigenvalue weighted by molar-refractivity contribution is 5.97. The number of H-pyrrole nitrogens is 2. The summed E-state index contributed by atoms with van der Waals surface area (Å²) < 4.78 is 14.7. The summed E-state index contributed by atoms with van der Waals surface area (Å²) in [7, 11) is 3.99. The Morgan fingerprint density at radius 3 is 2.62 bits per heavy atom. The molecule has 1 aromatic carbocycles. The minimum atomic E-state index is -0.706. The first-order valence-corrected chi connectivity index (χ1v) is 14.8. The molecule has 0 spiro atoms. The Balaban J connectivity index is 1.32. The molecule has 0 fully saturated rings. The molecule has 5 N–H and O–H groups in total. The summed E-state index contributed by atoms with van der Waals surface area (Å²) in [6, 6.07) is 10.6. The maximum absolute atomic E-state index is 14.7. The summed E-state index contributed by atoms with van der Waals surface area (Å²) in [4.78, 5) is 23.7. The van der Waals surface area contributed by atoms with E-state index in [-0.39, 0.29) is 11.2 Å². The fraction of sp³-hybridized carbons (Fsp3) is 0.303. The molecule has 5 aromatic heterocycles. The lowest BCUT2D eigenvalue weighted by Crippen LogP contribution is -2.25. The van der Waals surface area contributed by atoms with Crippen LogP contribution in [0.25, 0.3) is 56.0 Å². The molecule has 0 radical (unpaired) electrons. The number of hydrogen-bond acceptors (Lipinski definition) is 9. The Hall–Kier alpha value is -4.94. The lowest BCUT2D eigenvalue weighted by Gasteiger charge is -2.23. The number of pyridine rings is 3. The highest BCUT2D eigenvalue weighted by Crippen LogP contribution is 2.33. The fourth-order valence-electron chi connectivity index (χ4n) is 5.26. The second-order valence-electron chi connectivity index (χ2n) is 12.7. The number of likely N-dealkylation sites (N-methyl/N-ethyl adjacent to an activating group) is 1. The summed E-state index contributed by atoms with van der Waals surface area (Å²) in [5.74, 6) is 0.185. The minimum Gasteiger partial charge on any atom is -0.384 e. The molecule has 0 bridgehead atoms. The van der Waals surface area contributed by atoms with Crippen LogP contribution in [0.5, 0.6) is 0 Å². The van der Waals surface area contributed by atoms with E-state index >= 15 is 0 Å².